The van der Waals surface area contributed by atoms with Crippen molar-refractivity contribution in [1.82, 2.24) is 5.06 Å². The zero-order valence-corrected chi connectivity index (χ0v) is 13.7. The number of ether oxygens (including phenoxy) is 1. The topological polar surface area (TPSA) is 69.7 Å². The average molecular weight is 300 g/mol. The highest BCUT2D eigenvalue weighted by Crippen LogP contribution is 2.40. The predicted molar refractivity (Wildman–Crippen MR) is 80.2 cm³/mol. The number of carboxylic acid groups (broad SMARTS) is 1. The first-order valence-corrected chi connectivity index (χ1v) is 8.17. The molecule has 1 unspecified atom stereocenters. The van der Waals surface area contributed by atoms with Gasteiger partial charge < -0.3 is 9.84 Å². The number of carbonyl (C=O) groups is 1. The summed E-state index contributed by atoms with van der Waals surface area (Å²) in [6.07, 6.45) is 7.25. The zero-order valence-electron chi connectivity index (χ0n) is 13.7. The van der Waals surface area contributed by atoms with Crippen molar-refractivity contribution in [2.75, 3.05) is 6.61 Å². The molecule has 0 spiro atoms. The Labute approximate surface area is 128 Å². The van der Waals surface area contributed by atoms with Gasteiger partial charge in [-0.05, 0) is 46.0 Å². The predicted octanol–water partition coefficient (Wildman–Crippen LogP) is 3.75. The molecule has 1 aliphatic heterocycles. The molecule has 5 heteroatoms. The molecule has 1 radical (unpaired) electrons. The molecule has 0 saturated carbocycles. The second-order valence-corrected chi connectivity index (χ2v) is 6.75. The molecule has 1 heterocycles. The SMILES string of the molecule is CCCCCC1(CCCCCC(=O)O)OCC(C)(C)N1[O]. The molecule has 5 nitrogen and oxygen atoms in total. The Morgan fingerprint density at radius 1 is 1.14 bits per heavy atom. The van der Waals surface area contributed by atoms with E-state index in [1.807, 2.05) is 13.8 Å². The highest BCUT2D eigenvalue weighted by atomic mass is 16.6. The Balaban J connectivity index is 2.51. The summed E-state index contributed by atoms with van der Waals surface area (Å²) in [4.78, 5) is 10.5. The van der Waals surface area contributed by atoms with Crippen LogP contribution in [0.25, 0.3) is 0 Å². The third-order valence-corrected chi connectivity index (χ3v) is 4.24. The average Bonchev–Trinajstić information content (AvgIpc) is 2.63. The molecule has 1 fully saturated rings. The third-order valence-electron chi connectivity index (χ3n) is 4.24. The van der Waals surface area contributed by atoms with Crippen molar-refractivity contribution in [2.24, 2.45) is 0 Å². The van der Waals surface area contributed by atoms with Gasteiger partial charge in [0.05, 0.1) is 12.1 Å². The summed E-state index contributed by atoms with van der Waals surface area (Å²) in [5.41, 5.74) is -1.16. The molecule has 1 aliphatic rings. The van der Waals surface area contributed by atoms with Crippen LogP contribution < -0.4 is 0 Å². The summed E-state index contributed by atoms with van der Waals surface area (Å²) in [5.74, 6) is -0.753. The van der Waals surface area contributed by atoms with E-state index in [1.54, 1.807) is 0 Å². The van der Waals surface area contributed by atoms with Crippen molar-refractivity contribution in [2.45, 2.75) is 89.8 Å². The van der Waals surface area contributed by atoms with Crippen LogP contribution in [0.15, 0.2) is 0 Å². The van der Waals surface area contributed by atoms with Gasteiger partial charge in [0.2, 0.25) is 0 Å². The molecule has 0 bridgehead atoms. The minimum atomic E-state index is -0.753. The number of unbranched alkanes of at least 4 members (excludes halogenated alkanes) is 4. The second-order valence-electron chi connectivity index (χ2n) is 6.75. The van der Waals surface area contributed by atoms with Crippen molar-refractivity contribution in [1.29, 1.82) is 0 Å². The smallest absolute Gasteiger partial charge is 0.303 e. The largest absolute Gasteiger partial charge is 0.481 e. The van der Waals surface area contributed by atoms with Crippen LogP contribution in [0.1, 0.15) is 78.6 Å². The van der Waals surface area contributed by atoms with E-state index < -0.39 is 17.2 Å². The van der Waals surface area contributed by atoms with Crippen LogP contribution >= 0.6 is 0 Å². The Morgan fingerprint density at radius 3 is 2.24 bits per heavy atom. The molecule has 0 aromatic carbocycles. The van der Waals surface area contributed by atoms with Crippen molar-refractivity contribution in [3.8, 4) is 0 Å². The first kappa shape index (κ1) is 18.4. The van der Waals surface area contributed by atoms with Crippen LogP contribution in [0, 0.1) is 0 Å². The van der Waals surface area contributed by atoms with Gasteiger partial charge in [0.25, 0.3) is 0 Å². The van der Waals surface area contributed by atoms with E-state index >= 15 is 0 Å². The molecule has 0 amide bonds. The molecule has 1 rings (SSSR count). The Hall–Kier alpha value is -0.650. The standard InChI is InChI=1S/C16H30NO4/c1-4-5-8-11-16(12-9-6-7-10-14(18)19)17(20)15(2,3)13-21-16/h4-13H2,1-3H3,(H,18,19). The van der Waals surface area contributed by atoms with Gasteiger partial charge in [-0.15, -0.1) is 10.3 Å². The maximum Gasteiger partial charge on any atom is 0.303 e. The van der Waals surface area contributed by atoms with Gasteiger partial charge in [-0.2, -0.15) is 0 Å². The fourth-order valence-corrected chi connectivity index (χ4v) is 2.96. The molecule has 0 aromatic rings. The maximum absolute atomic E-state index is 12.6. The summed E-state index contributed by atoms with van der Waals surface area (Å²) in [6, 6.07) is 0. The second kappa shape index (κ2) is 8.11. The lowest BCUT2D eigenvalue weighted by Gasteiger charge is -2.35. The molecule has 1 saturated heterocycles. The lowest BCUT2D eigenvalue weighted by Crippen LogP contribution is -2.49. The normalized spacial score (nSPS) is 25.3. The van der Waals surface area contributed by atoms with Gasteiger partial charge in [0, 0.05) is 6.42 Å². The van der Waals surface area contributed by atoms with Crippen molar-refractivity contribution in [3.05, 3.63) is 0 Å². The molecule has 0 aliphatic carbocycles. The fourth-order valence-electron chi connectivity index (χ4n) is 2.96. The third kappa shape index (κ3) is 5.24. The van der Waals surface area contributed by atoms with Gasteiger partial charge >= 0.3 is 5.97 Å². The Kier molecular flexibility index (Phi) is 7.10. The van der Waals surface area contributed by atoms with Gasteiger partial charge in [0.15, 0.2) is 0 Å². The first-order chi connectivity index (χ1) is 9.84. The van der Waals surface area contributed by atoms with Crippen LogP contribution in [0.5, 0.6) is 0 Å². The minimum Gasteiger partial charge on any atom is -0.481 e. The molecular formula is C16H30NO4. The molecule has 0 aromatic heterocycles. The monoisotopic (exact) mass is 300 g/mol. The zero-order chi connectivity index (χ0) is 15.9. The number of carboxylic acids is 1. The van der Waals surface area contributed by atoms with Crippen LogP contribution in [0.4, 0.5) is 0 Å². The summed E-state index contributed by atoms with van der Waals surface area (Å²) < 4.78 is 5.94. The maximum atomic E-state index is 12.6. The summed E-state index contributed by atoms with van der Waals surface area (Å²) in [5, 5.41) is 22.4. The highest BCUT2D eigenvalue weighted by Gasteiger charge is 2.51. The highest BCUT2D eigenvalue weighted by molar-refractivity contribution is 5.66. The first-order valence-electron chi connectivity index (χ1n) is 8.17. The van der Waals surface area contributed by atoms with E-state index in [-0.39, 0.29) is 6.42 Å². The quantitative estimate of drug-likeness (QED) is 0.624. The fraction of sp³-hybridized carbons (Fsp3) is 0.938. The van der Waals surface area contributed by atoms with E-state index in [0.717, 1.165) is 43.6 Å². The van der Waals surface area contributed by atoms with Crippen LogP contribution in [-0.2, 0) is 14.7 Å². The molecule has 1 N–H and O–H groups in total. The van der Waals surface area contributed by atoms with Gasteiger partial charge in [0.1, 0.15) is 5.72 Å². The van der Waals surface area contributed by atoms with E-state index in [9.17, 15) is 10.0 Å². The number of hydrogen-bond donors (Lipinski definition) is 1. The van der Waals surface area contributed by atoms with Crippen molar-refractivity contribution in [3.63, 3.8) is 0 Å². The number of rotatable bonds is 10. The van der Waals surface area contributed by atoms with Crippen LogP contribution in [0.3, 0.4) is 0 Å². The van der Waals surface area contributed by atoms with Crippen molar-refractivity contribution >= 4 is 5.97 Å². The van der Waals surface area contributed by atoms with Gasteiger partial charge in [-0.3, -0.25) is 4.79 Å². The number of hydroxylamine groups is 2. The number of nitrogens with zero attached hydrogens (tertiary/aromatic N) is 1. The van der Waals surface area contributed by atoms with Crippen molar-refractivity contribution < 1.29 is 19.8 Å². The molecule has 1 atom stereocenters. The summed E-state index contributed by atoms with van der Waals surface area (Å²) in [6.45, 7) is 6.46. The minimum absolute atomic E-state index is 0.205. The Morgan fingerprint density at radius 2 is 1.76 bits per heavy atom. The number of hydrogen-bond acceptors (Lipinski definition) is 3. The number of aliphatic carboxylic acids is 1. The lowest BCUT2D eigenvalue weighted by atomic mass is 9.95. The van der Waals surface area contributed by atoms with Gasteiger partial charge in [-0.1, -0.05) is 26.2 Å². The van der Waals surface area contributed by atoms with E-state index in [2.05, 4.69) is 6.92 Å². The van der Waals surface area contributed by atoms with E-state index in [0.29, 0.717) is 19.4 Å². The lowest BCUT2D eigenvalue weighted by molar-refractivity contribution is -0.296. The van der Waals surface area contributed by atoms with Crippen LogP contribution in [-0.4, -0.2) is 34.0 Å². The van der Waals surface area contributed by atoms with E-state index in [4.69, 9.17) is 9.84 Å². The molecular weight excluding hydrogens is 270 g/mol. The van der Waals surface area contributed by atoms with E-state index in [1.165, 1.54) is 0 Å². The molecule has 123 valence electrons. The van der Waals surface area contributed by atoms with Gasteiger partial charge in [-0.25, -0.2) is 0 Å². The molecule has 21 heavy (non-hydrogen) atoms. The summed E-state index contributed by atoms with van der Waals surface area (Å²) in [7, 11) is 0. The summed E-state index contributed by atoms with van der Waals surface area (Å²) >= 11 is 0. The Bertz CT molecular complexity index is 332. The van der Waals surface area contributed by atoms with Crippen LogP contribution in [0.2, 0.25) is 0 Å².